The monoisotopic (exact) mass is 326 g/mol. The average Bonchev–Trinajstić information content (AvgIpc) is 3.06. The Morgan fingerprint density at radius 3 is 2.79 bits per heavy atom. The molecule has 5 nitrogen and oxygen atoms in total. The molecule has 2 heterocycles. The lowest BCUT2D eigenvalue weighted by Gasteiger charge is -2.07. The number of hydrogen-bond acceptors (Lipinski definition) is 3. The number of likely N-dealkylation sites (N-methyl/N-ethyl adjacent to an activating group) is 1. The van der Waals surface area contributed by atoms with Crippen LogP contribution in [0.4, 0.5) is 10.1 Å². The lowest BCUT2D eigenvalue weighted by molar-refractivity contribution is -0.110. The normalized spacial score (nSPS) is 15.5. The number of halogens is 1. The summed E-state index contributed by atoms with van der Waals surface area (Å²) in [4.78, 5) is 21.5. The Morgan fingerprint density at radius 2 is 2.12 bits per heavy atom. The maximum absolute atomic E-state index is 14.4. The van der Waals surface area contributed by atoms with Crippen molar-refractivity contribution in [2.24, 2.45) is 0 Å². The Morgan fingerprint density at radius 1 is 1.33 bits per heavy atom. The zero-order chi connectivity index (χ0) is 17.3. The second-order valence-corrected chi connectivity index (χ2v) is 5.97. The Kier molecular flexibility index (Phi) is 4.31. The average molecular weight is 326 g/mol. The van der Waals surface area contributed by atoms with E-state index in [1.165, 1.54) is 6.07 Å². The number of aromatic nitrogens is 2. The SMILES string of the molecule is Cc1[nH]cnc1/C=C1\C(=O)Nc2ccc(F)c(/C=C/CN(C)C)c21. The minimum Gasteiger partial charge on any atom is -0.348 e. The summed E-state index contributed by atoms with van der Waals surface area (Å²) < 4.78 is 14.4. The van der Waals surface area contributed by atoms with Crippen molar-refractivity contribution in [2.45, 2.75) is 6.92 Å². The molecule has 0 radical (unpaired) electrons. The van der Waals surface area contributed by atoms with Gasteiger partial charge < -0.3 is 15.2 Å². The lowest BCUT2D eigenvalue weighted by atomic mass is 9.98. The second kappa shape index (κ2) is 6.41. The molecule has 1 aliphatic rings. The number of aromatic amines is 1. The number of anilines is 1. The third-order valence-electron chi connectivity index (χ3n) is 3.86. The van der Waals surface area contributed by atoms with Gasteiger partial charge in [-0.3, -0.25) is 4.79 Å². The molecule has 2 aromatic rings. The smallest absolute Gasteiger partial charge is 0.256 e. The highest BCUT2D eigenvalue weighted by atomic mass is 19.1. The Labute approximate surface area is 139 Å². The van der Waals surface area contributed by atoms with Crippen LogP contribution in [0.3, 0.4) is 0 Å². The topological polar surface area (TPSA) is 61.0 Å². The standard InChI is InChI=1S/C18H19FN4O/c1-11-16(21-10-20-11)9-13-17-12(5-4-8-23(2)3)14(19)6-7-15(17)22-18(13)24/h4-7,9-10H,8H2,1-3H3,(H,20,21)(H,22,24)/b5-4+,13-9-. The molecule has 0 aliphatic carbocycles. The largest absolute Gasteiger partial charge is 0.348 e. The van der Waals surface area contributed by atoms with Gasteiger partial charge in [-0.1, -0.05) is 12.2 Å². The highest BCUT2D eigenvalue weighted by Gasteiger charge is 2.28. The van der Waals surface area contributed by atoms with Crippen molar-refractivity contribution in [3.63, 3.8) is 0 Å². The number of carbonyl (C=O) groups excluding carboxylic acids is 1. The molecule has 0 unspecified atom stereocenters. The van der Waals surface area contributed by atoms with Gasteiger partial charge in [-0.15, -0.1) is 0 Å². The molecule has 1 amide bonds. The van der Waals surface area contributed by atoms with Gasteiger partial charge in [0.05, 0.1) is 17.6 Å². The van der Waals surface area contributed by atoms with Crippen LogP contribution in [0.1, 0.15) is 22.5 Å². The van der Waals surface area contributed by atoms with Crippen LogP contribution >= 0.6 is 0 Å². The van der Waals surface area contributed by atoms with E-state index in [2.05, 4.69) is 15.3 Å². The highest BCUT2D eigenvalue weighted by Crippen LogP contribution is 2.37. The fourth-order valence-electron chi connectivity index (χ4n) is 2.63. The summed E-state index contributed by atoms with van der Waals surface area (Å²) in [5.74, 6) is -0.606. The Balaban J connectivity index is 2.10. The maximum Gasteiger partial charge on any atom is 0.256 e. The van der Waals surface area contributed by atoms with E-state index in [0.29, 0.717) is 34.6 Å². The first-order valence-electron chi connectivity index (χ1n) is 7.64. The number of rotatable bonds is 4. The fraction of sp³-hybridized carbons (Fsp3) is 0.222. The van der Waals surface area contributed by atoms with Crippen LogP contribution in [-0.4, -0.2) is 41.4 Å². The molecule has 0 bridgehead atoms. The van der Waals surface area contributed by atoms with Crippen LogP contribution in [0.15, 0.2) is 24.5 Å². The van der Waals surface area contributed by atoms with Crippen molar-refractivity contribution in [3.05, 3.63) is 52.9 Å². The summed E-state index contributed by atoms with van der Waals surface area (Å²) in [6, 6.07) is 2.96. The first kappa shape index (κ1) is 16.1. The zero-order valence-electron chi connectivity index (χ0n) is 13.9. The zero-order valence-corrected chi connectivity index (χ0v) is 13.9. The van der Waals surface area contributed by atoms with Crippen molar-refractivity contribution in [1.29, 1.82) is 0 Å². The van der Waals surface area contributed by atoms with Crippen LogP contribution in [0.5, 0.6) is 0 Å². The number of hydrogen-bond donors (Lipinski definition) is 2. The van der Waals surface area contributed by atoms with Crippen LogP contribution < -0.4 is 5.32 Å². The number of amides is 1. The van der Waals surface area contributed by atoms with Gasteiger partial charge in [-0.2, -0.15) is 0 Å². The number of benzene rings is 1. The molecule has 0 spiro atoms. The van der Waals surface area contributed by atoms with Crippen molar-refractivity contribution >= 4 is 29.3 Å². The first-order chi connectivity index (χ1) is 11.5. The van der Waals surface area contributed by atoms with Gasteiger partial charge in [0.2, 0.25) is 0 Å². The summed E-state index contributed by atoms with van der Waals surface area (Å²) in [7, 11) is 3.87. The van der Waals surface area contributed by atoms with Gasteiger partial charge in [0, 0.05) is 29.1 Å². The molecule has 2 N–H and O–H groups in total. The Bertz CT molecular complexity index is 849. The molecule has 0 fully saturated rings. The van der Waals surface area contributed by atoms with Gasteiger partial charge in [0.25, 0.3) is 5.91 Å². The lowest BCUT2D eigenvalue weighted by Crippen LogP contribution is -2.10. The van der Waals surface area contributed by atoms with Crippen LogP contribution in [0.2, 0.25) is 0 Å². The molecule has 0 atom stereocenters. The van der Waals surface area contributed by atoms with Crippen molar-refractivity contribution in [2.75, 3.05) is 26.0 Å². The van der Waals surface area contributed by atoms with E-state index in [0.717, 1.165) is 5.69 Å². The molecule has 0 saturated heterocycles. The minimum absolute atomic E-state index is 0.250. The number of nitrogens with one attached hydrogen (secondary N) is 2. The van der Waals surface area contributed by atoms with E-state index in [4.69, 9.17) is 0 Å². The quantitative estimate of drug-likeness (QED) is 0.849. The molecule has 6 heteroatoms. The first-order valence-corrected chi connectivity index (χ1v) is 7.64. The van der Waals surface area contributed by atoms with Gasteiger partial charge >= 0.3 is 0 Å². The van der Waals surface area contributed by atoms with Crippen LogP contribution in [-0.2, 0) is 4.79 Å². The van der Waals surface area contributed by atoms with E-state index in [-0.39, 0.29) is 11.7 Å². The summed E-state index contributed by atoms with van der Waals surface area (Å²) in [5.41, 5.74) is 3.55. The second-order valence-electron chi connectivity index (χ2n) is 5.97. The number of nitrogens with zero attached hydrogens (tertiary/aromatic N) is 2. The molecule has 1 aromatic heterocycles. The summed E-state index contributed by atoms with van der Waals surface area (Å²) in [5, 5.41) is 2.79. The molecular formula is C18H19FN4O. The molecule has 0 saturated carbocycles. The third-order valence-corrected chi connectivity index (χ3v) is 3.86. The fourth-order valence-corrected chi connectivity index (χ4v) is 2.63. The molecule has 1 aliphatic heterocycles. The van der Waals surface area contributed by atoms with Crippen LogP contribution in [0.25, 0.3) is 17.7 Å². The van der Waals surface area contributed by atoms with E-state index in [1.54, 1.807) is 24.5 Å². The molecular weight excluding hydrogens is 307 g/mol. The molecule has 3 rings (SSSR count). The number of aryl methyl sites for hydroxylation is 1. The van der Waals surface area contributed by atoms with E-state index < -0.39 is 0 Å². The maximum atomic E-state index is 14.4. The van der Waals surface area contributed by atoms with Gasteiger partial charge in [0.1, 0.15) is 5.82 Å². The van der Waals surface area contributed by atoms with Crippen molar-refractivity contribution < 1.29 is 9.18 Å². The molecule has 24 heavy (non-hydrogen) atoms. The van der Waals surface area contributed by atoms with E-state index >= 15 is 0 Å². The summed E-state index contributed by atoms with van der Waals surface area (Å²) >= 11 is 0. The van der Waals surface area contributed by atoms with Crippen molar-refractivity contribution in [1.82, 2.24) is 14.9 Å². The van der Waals surface area contributed by atoms with Crippen LogP contribution in [0, 0.1) is 12.7 Å². The summed E-state index contributed by atoms with van der Waals surface area (Å²) in [6.45, 7) is 2.55. The molecule has 124 valence electrons. The highest BCUT2D eigenvalue weighted by molar-refractivity contribution is 6.35. The predicted molar refractivity (Wildman–Crippen MR) is 93.8 cm³/mol. The predicted octanol–water partition coefficient (Wildman–Crippen LogP) is 2.92. The van der Waals surface area contributed by atoms with E-state index in [1.807, 2.05) is 32.0 Å². The van der Waals surface area contributed by atoms with Crippen molar-refractivity contribution in [3.8, 4) is 0 Å². The minimum atomic E-state index is -0.357. The number of fused-ring (bicyclic) bond motifs is 1. The third kappa shape index (κ3) is 3.00. The van der Waals surface area contributed by atoms with Gasteiger partial charge in [-0.05, 0) is 39.2 Å². The number of imidazole rings is 1. The van der Waals surface area contributed by atoms with E-state index in [9.17, 15) is 9.18 Å². The Hall–Kier alpha value is -2.73. The summed E-state index contributed by atoms with van der Waals surface area (Å²) in [6.07, 6.45) is 6.85. The number of carbonyl (C=O) groups is 1. The van der Waals surface area contributed by atoms with Gasteiger partial charge in [0.15, 0.2) is 0 Å². The molecule has 1 aromatic carbocycles. The van der Waals surface area contributed by atoms with Gasteiger partial charge in [-0.25, -0.2) is 9.37 Å². The number of H-pyrrole nitrogens is 1.